The molecule has 0 saturated heterocycles. The number of nitrogens with one attached hydrogen (secondary N) is 1. The van der Waals surface area contributed by atoms with Crippen LogP contribution in [0, 0.1) is 6.92 Å². The van der Waals surface area contributed by atoms with Crippen LogP contribution in [0.1, 0.15) is 5.56 Å². The first-order valence-corrected chi connectivity index (χ1v) is 7.74. The first-order chi connectivity index (χ1) is 12.2. The second kappa shape index (κ2) is 6.23. The van der Waals surface area contributed by atoms with Crippen LogP contribution in [0.2, 0.25) is 0 Å². The summed E-state index contributed by atoms with van der Waals surface area (Å²) in [5.74, 6) is 0.955. The molecule has 1 unspecified atom stereocenters. The van der Waals surface area contributed by atoms with Gasteiger partial charge in [0.25, 0.3) is 5.91 Å². The molecule has 0 spiro atoms. The Morgan fingerprint density at radius 3 is 2.84 bits per heavy atom. The molecule has 25 heavy (non-hydrogen) atoms. The van der Waals surface area contributed by atoms with Crippen LogP contribution in [-0.4, -0.2) is 38.8 Å². The fourth-order valence-electron chi connectivity index (χ4n) is 2.63. The molecular formula is C17H15N5O3. The van der Waals surface area contributed by atoms with Crippen LogP contribution in [0.4, 0.5) is 5.69 Å². The number of hydrogen-bond donors (Lipinski definition) is 1. The van der Waals surface area contributed by atoms with Crippen LogP contribution in [0.3, 0.4) is 0 Å². The van der Waals surface area contributed by atoms with E-state index in [1.54, 1.807) is 16.8 Å². The Bertz CT molecular complexity index is 910. The Balaban J connectivity index is 1.47. The lowest BCUT2D eigenvalue weighted by molar-refractivity contribution is -0.125. The maximum absolute atomic E-state index is 12.4. The van der Waals surface area contributed by atoms with Crippen molar-refractivity contribution in [1.82, 2.24) is 20.2 Å². The molecule has 8 nitrogen and oxygen atoms in total. The Hall–Kier alpha value is -3.42. The van der Waals surface area contributed by atoms with E-state index in [0.29, 0.717) is 17.2 Å². The van der Waals surface area contributed by atoms with Gasteiger partial charge in [0.2, 0.25) is 6.10 Å². The summed E-state index contributed by atoms with van der Waals surface area (Å²) in [6.45, 7) is 2.09. The van der Waals surface area contributed by atoms with Gasteiger partial charge in [-0.1, -0.05) is 12.1 Å². The minimum absolute atomic E-state index is 0.171. The number of aryl methyl sites for hydroxylation is 1. The van der Waals surface area contributed by atoms with E-state index in [2.05, 4.69) is 20.8 Å². The molecule has 8 heteroatoms. The van der Waals surface area contributed by atoms with E-state index in [0.717, 1.165) is 11.3 Å². The van der Waals surface area contributed by atoms with E-state index in [1.807, 2.05) is 37.3 Å². The molecule has 0 radical (unpaired) electrons. The molecule has 126 valence electrons. The number of aromatic nitrogens is 4. The van der Waals surface area contributed by atoms with Crippen molar-refractivity contribution in [3.05, 3.63) is 54.4 Å². The number of hydrogen-bond acceptors (Lipinski definition) is 6. The monoisotopic (exact) mass is 337 g/mol. The largest absolute Gasteiger partial charge is 0.485 e. The zero-order chi connectivity index (χ0) is 17.2. The first-order valence-electron chi connectivity index (χ1n) is 7.74. The van der Waals surface area contributed by atoms with E-state index in [-0.39, 0.29) is 12.5 Å². The average molecular weight is 337 g/mol. The van der Waals surface area contributed by atoms with Crippen LogP contribution in [0.15, 0.2) is 48.8 Å². The van der Waals surface area contributed by atoms with Crippen molar-refractivity contribution in [1.29, 1.82) is 0 Å². The van der Waals surface area contributed by atoms with Crippen molar-refractivity contribution >= 4 is 11.6 Å². The van der Waals surface area contributed by atoms with Crippen molar-refractivity contribution < 1.29 is 14.3 Å². The van der Waals surface area contributed by atoms with Gasteiger partial charge in [-0.05, 0) is 53.2 Å². The number of para-hydroxylation sites is 2. The van der Waals surface area contributed by atoms with E-state index < -0.39 is 6.10 Å². The summed E-state index contributed by atoms with van der Waals surface area (Å²) in [6, 6.07) is 12.8. The predicted molar refractivity (Wildman–Crippen MR) is 88.9 cm³/mol. The highest BCUT2D eigenvalue weighted by Crippen LogP contribution is 2.31. The molecule has 1 atom stereocenters. The molecule has 1 aliphatic heterocycles. The number of rotatable bonds is 3. The van der Waals surface area contributed by atoms with Gasteiger partial charge in [-0.25, -0.2) is 4.68 Å². The average Bonchev–Trinajstić information content (AvgIpc) is 3.15. The topological polar surface area (TPSA) is 91.2 Å². The molecule has 3 aromatic rings. The SMILES string of the molecule is Cc1cc(NC(=O)C2COc3ccccc3O2)ccc1-n1cnnn1. The fourth-order valence-corrected chi connectivity index (χ4v) is 2.63. The van der Waals surface area contributed by atoms with Crippen molar-refractivity contribution in [2.45, 2.75) is 13.0 Å². The van der Waals surface area contributed by atoms with Crippen molar-refractivity contribution in [3.8, 4) is 17.2 Å². The molecule has 1 aliphatic rings. The Kier molecular flexibility index (Phi) is 3.77. The Morgan fingerprint density at radius 2 is 2.08 bits per heavy atom. The lowest BCUT2D eigenvalue weighted by atomic mass is 10.1. The molecule has 1 amide bonds. The Labute approximate surface area is 143 Å². The van der Waals surface area contributed by atoms with Gasteiger partial charge in [0, 0.05) is 5.69 Å². The molecule has 1 aromatic heterocycles. The Morgan fingerprint density at radius 1 is 1.24 bits per heavy atom. The highest BCUT2D eigenvalue weighted by Gasteiger charge is 2.27. The van der Waals surface area contributed by atoms with Crippen LogP contribution < -0.4 is 14.8 Å². The quantitative estimate of drug-likeness (QED) is 0.783. The highest BCUT2D eigenvalue weighted by atomic mass is 16.6. The minimum Gasteiger partial charge on any atom is -0.485 e. The standard InChI is InChI=1S/C17H15N5O3/c1-11-8-12(6-7-13(11)22-10-18-20-21-22)19-17(23)16-9-24-14-4-2-3-5-15(14)25-16/h2-8,10,16H,9H2,1H3,(H,19,23). The predicted octanol–water partition coefficient (Wildman–Crippen LogP) is 1.75. The highest BCUT2D eigenvalue weighted by molar-refractivity contribution is 5.95. The van der Waals surface area contributed by atoms with E-state index in [9.17, 15) is 4.79 Å². The summed E-state index contributed by atoms with van der Waals surface area (Å²) in [5, 5.41) is 14.0. The number of fused-ring (bicyclic) bond motifs is 1. The smallest absolute Gasteiger partial charge is 0.269 e. The number of benzene rings is 2. The number of nitrogens with zero attached hydrogens (tertiary/aromatic N) is 4. The fraction of sp³-hybridized carbons (Fsp3) is 0.176. The summed E-state index contributed by atoms with van der Waals surface area (Å²) in [7, 11) is 0. The lowest BCUT2D eigenvalue weighted by Crippen LogP contribution is -2.40. The third-order valence-corrected chi connectivity index (χ3v) is 3.86. The van der Waals surface area contributed by atoms with Gasteiger partial charge in [0.1, 0.15) is 12.9 Å². The zero-order valence-corrected chi connectivity index (χ0v) is 13.4. The van der Waals surface area contributed by atoms with E-state index in [1.165, 1.54) is 6.33 Å². The van der Waals surface area contributed by atoms with Gasteiger partial charge in [-0.3, -0.25) is 4.79 Å². The maximum Gasteiger partial charge on any atom is 0.269 e. The van der Waals surface area contributed by atoms with Gasteiger partial charge in [-0.15, -0.1) is 5.10 Å². The van der Waals surface area contributed by atoms with Crippen molar-refractivity contribution in [2.24, 2.45) is 0 Å². The molecule has 2 heterocycles. The van der Waals surface area contributed by atoms with Gasteiger partial charge in [0.05, 0.1) is 5.69 Å². The first kappa shape index (κ1) is 15.1. The normalized spacial score (nSPS) is 15.6. The van der Waals surface area contributed by atoms with Crippen molar-refractivity contribution in [2.75, 3.05) is 11.9 Å². The second-order valence-electron chi connectivity index (χ2n) is 5.61. The molecule has 0 saturated carbocycles. The van der Waals surface area contributed by atoms with Gasteiger partial charge in [-0.2, -0.15) is 0 Å². The van der Waals surface area contributed by atoms with Crippen LogP contribution in [0.25, 0.3) is 5.69 Å². The molecule has 0 bridgehead atoms. The molecular weight excluding hydrogens is 322 g/mol. The van der Waals surface area contributed by atoms with Crippen LogP contribution >= 0.6 is 0 Å². The third kappa shape index (κ3) is 3.01. The summed E-state index contributed by atoms with van der Waals surface area (Å²) >= 11 is 0. The van der Waals surface area contributed by atoms with Crippen LogP contribution in [-0.2, 0) is 4.79 Å². The maximum atomic E-state index is 12.4. The third-order valence-electron chi connectivity index (χ3n) is 3.86. The summed E-state index contributed by atoms with van der Waals surface area (Å²) in [6.07, 6.45) is 0.819. The molecule has 1 N–H and O–H groups in total. The van der Waals surface area contributed by atoms with Gasteiger partial charge < -0.3 is 14.8 Å². The second-order valence-corrected chi connectivity index (χ2v) is 5.61. The number of amides is 1. The molecule has 2 aromatic carbocycles. The van der Waals surface area contributed by atoms with Crippen LogP contribution in [0.5, 0.6) is 11.5 Å². The van der Waals surface area contributed by atoms with E-state index >= 15 is 0 Å². The number of tetrazole rings is 1. The number of carbonyl (C=O) groups excluding carboxylic acids is 1. The number of carbonyl (C=O) groups is 1. The van der Waals surface area contributed by atoms with E-state index in [4.69, 9.17) is 9.47 Å². The van der Waals surface area contributed by atoms with Crippen molar-refractivity contribution in [3.63, 3.8) is 0 Å². The number of anilines is 1. The van der Waals surface area contributed by atoms with Gasteiger partial charge in [0.15, 0.2) is 11.5 Å². The zero-order valence-electron chi connectivity index (χ0n) is 13.4. The molecule has 0 aliphatic carbocycles. The summed E-state index contributed by atoms with van der Waals surface area (Å²) < 4.78 is 12.9. The lowest BCUT2D eigenvalue weighted by Gasteiger charge is -2.25. The molecule has 4 rings (SSSR count). The van der Waals surface area contributed by atoms with Gasteiger partial charge >= 0.3 is 0 Å². The summed E-state index contributed by atoms with van der Waals surface area (Å²) in [5.41, 5.74) is 2.44. The minimum atomic E-state index is -0.700. The molecule has 0 fully saturated rings. The summed E-state index contributed by atoms with van der Waals surface area (Å²) in [4.78, 5) is 12.4. The number of ether oxygens (including phenoxy) is 2.